The van der Waals surface area contributed by atoms with E-state index < -0.39 is 7.12 Å². The minimum atomic E-state index is -1.49. The van der Waals surface area contributed by atoms with Gasteiger partial charge in [0.05, 0.1) is 13.7 Å². The Bertz CT molecular complexity index is 301. The average molecular weight is 196 g/mol. The van der Waals surface area contributed by atoms with Gasteiger partial charge in [0.1, 0.15) is 0 Å². The van der Waals surface area contributed by atoms with Crippen LogP contribution in [-0.4, -0.2) is 30.9 Å². The van der Waals surface area contributed by atoms with Gasteiger partial charge in [0.15, 0.2) is 11.5 Å². The van der Waals surface area contributed by atoms with E-state index in [9.17, 15) is 0 Å². The molecule has 0 amide bonds. The Hall–Kier alpha value is -1.20. The molecule has 0 bridgehead atoms. The largest absolute Gasteiger partial charge is 0.493 e. The Morgan fingerprint density at radius 1 is 1.29 bits per heavy atom. The normalized spacial score (nSPS) is 9.71. The first-order valence-electron chi connectivity index (χ1n) is 4.36. The fraction of sp³-hybridized carbons (Fsp3) is 0.333. The molecule has 0 saturated heterocycles. The van der Waals surface area contributed by atoms with Crippen molar-refractivity contribution in [2.75, 3.05) is 13.7 Å². The summed E-state index contributed by atoms with van der Waals surface area (Å²) >= 11 is 0. The van der Waals surface area contributed by atoms with Gasteiger partial charge in [-0.25, -0.2) is 0 Å². The molecule has 1 aromatic carbocycles. The molecule has 1 rings (SSSR count). The van der Waals surface area contributed by atoms with Crippen molar-refractivity contribution in [2.24, 2.45) is 0 Å². The molecule has 0 spiro atoms. The molecule has 2 N–H and O–H groups in total. The van der Waals surface area contributed by atoms with Gasteiger partial charge < -0.3 is 19.5 Å². The summed E-state index contributed by atoms with van der Waals surface area (Å²) in [5.74, 6) is 1.09. The van der Waals surface area contributed by atoms with E-state index in [1.54, 1.807) is 12.1 Å². The summed E-state index contributed by atoms with van der Waals surface area (Å²) in [6.45, 7) is 2.41. The molecule has 0 aromatic heterocycles. The van der Waals surface area contributed by atoms with E-state index in [1.165, 1.54) is 13.2 Å². The third-order valence-electron chi connectivity index (χ3n) is 1.79. The molecule has 4 nitrogen and oxygen atoms in total. The molecule has 0 aliphatic rings. The molecule has 0 radical (unpaired) electrons. The van der Waals surface area contributed by atoms with Crippen LogP contribution in [0, 0.1) is 0 Å². The van der Waals surface area contributed by atoms with Crippen molar-refractivity contribution in [1.82, 2.24) is 0 Å². The van der Waals surface area contributed by atoms with Crippen molar-refractivity contribution in [3.63, 3.8) is 0 Å². The van der Waals surface area contributed by atoms with Crippen LogP contribution in [0.4, 0.5) is 0 Å². The first-order valence-corrected chi connectivity index (χ1v) is 4.36. The molecule has 0 fully saturated rings. The average Bonchev–Trinajstić information content (AvgIpc) is 2.18. The number of methoxy groups -OCH3 is 1. The lowest BCUT2D eigenvalue weighted by molar-refractivity contribution is 0.311. The monoisotopic (exact) mass is 196 g/mol. The highest BCUT2D eigenvalue weighted by Crippen LogP contribution is 2.24. The second-order valence-corrected chi connectivity index (χ2v) is 2.72. The van der Waals surface area contributed by atoms with E-state index in [1.807, 2.05) is 6.92 Å². The minimum absolute atomic E-state index is 0.380. The summed E-state index contributed by atoms with van der Waals surface area (Å²) in [5, 5.41) is 17.8. The van der Waals surface area contributed by atoms with Gasteiger partial charge in [0, 0.05) is 0 Å². The summed E-state index contributed by atoms with van der Waals surface area (Å²) < 4.78 is 10.3. The number of ether oxygens (including phenoxy) is 2. The third-order valence-corrected chi connectivity index (χ3v) is 1.79. The molecule has 0 aliphatic carbocycles. The topological polar surface area (TPSA) is 58.9 Å². The predicted octanol–water partition coefficient (Wildman–Crippen LogP) is -0.226. The van der Waals surface area contributed by atoms with Gasteiger partial charge in [-0.3, -0.25) is 0 Å². The van der Waals surface area contributed by atoms with Gasteiger partial charge in [0.2, 0.25) is 0 Å². The zero-order chi connectivity index (χ0) is 10.6. The molecule has 76 valence electrons. The Morgan fingerprint density at radius 3 is 2.50 bits per heavy atom. The third kappa shape index (κ3) is 2.40. The van der Waals surface area contributed by atoms with Crippen LogP contribution < -0.4 is 14.9 Å². The molecule has 14 heavy (non-hydrogen) atoms. The highest BCUT2D eigenvalue weighted by atomic mass is 16.5. The van der Waals surface area contributed by atoms with Crippen LogP contribution in [0.2, 0.25) is 0 Å². The van der Waals surface area contributed by atoms with Gasteiger partial charge in [-0.1, -0.05) is 6.07 Å². The molecular weight excluding hydrogens is 183 g/mol. The van der Waals surface area contributed by atoms with Gasteiger partial charge in [-0.2, -0.15) is 0 Å². The zero-order valence-corrected chi connectivity index (χ0v) is 8.23. The molecular formula is C9H13BO4. The smallest absolute Gasteiger partial charge is 0.488 e. The molecule has 0 unspecified atom stereocenters. The molecule has 0 atom stereocenters. The maximum absolute atomic E-state index is 8.92. The van der Waals surface area contributed by atoms with E-state index in [4.69, 9.17) is 19.5 Å². The maximum atomic E-state index is 8.92. The SMILES string of the molecule is CCOc1ccc(B(O)O)cc1OC. The molecule has 0 heterocycles. The van der Waals surface area contributed by atoms with Crippen LogP contribution in [0.5, 0.6) is 11.5 Å². The van der Waals surface area contributed by atoms with Gasteiger partial charge >= 0.3 is 7.12 Å². The number of hydrogen-bond donors (Lipinski definition) is 2. The standard InChI is InChI=1S/C9H13BO4/c1-3-14-8-5-4-7(10(11)12)6-9(8)13-2/h4-6,11-12H,3H2,1-2H3. The second kappa shape index (κ2) is 4.88. The quantitative estimate of drug-likeness (QED) is 0.653. The Balaban J connectivity index is 2.98. The summed E-state index contributed by atoms with van der Waals surface area (Å²) in [6, 6.07) is 4.77. The van der Waals surface area contributed by atoms with Crippen molar-refractivity contribution < 1.29 is 19.5 Å². The molecule has 1 aromatic rings. The van der Waals surface area contributed by atoms with Crippen LogP contribution in [0.25, 0.3) is 0 Å². The lowest BCUT2D eigenvalue weighted by Gasteiger charge is -2.10. The van der Waals surface area contributed by atoms with Crippen molar-refractivity contribution in [3.8, 4) is 11.5 Å². The highest BCUT2D eigenvalue weighted by Gasteiger charge is 2.14. The highest BCUT2D eigenvalue weighted by molar-refractivity contribution is 6.58. The van der Waals surface area contributed by atoms with Gasteiger partial charge in [-0.05, 0) is 24.5 Å². The van der Waals surface area contributed by atoms with Crippen molar-refractivity contribution in [1.29, 1.82) is 0 Å². The fourth-order valence-electron chi connectivity index (χ4n) is 1.12. The van der Waals surface area contributed by atoms with Crippen molar-refractivity contribution in [2.45, 2.75) is 6.92 Å². The second-order valence-electron chi connectivity index (χ2n) is 2.72. The van der Waals surface area contributed by atoms with Crippen LogP contribution in [0.15, 0.2) is 18.2 Å². The number of rotatable bonds is 4. The Morgan fingerprint density at radius 2 is 2.00 bits per heavy atom. The van der Waals surface area contributed by atoms with Crippen molar-refractivity contribution in [3.05, 3.63) is 18.2 Å². The van der Waals surface area contributed by atoms with E-state index >= 15 is 0 Å². The molecule has 5 heteroatoms. The van der Waals surface area contributed by atoms with E-state index in [0.29, 0.717) is 23.6 Å². The summed E-state index contributed by atoms with van der Waals surface area (Å²) in [7, 11) is 0.0188. The number of benzene rings is 1. The lowest BCUT2D eigenvalue weighted by atomic mass is 9.80. The number of hydrogen-bond acceptors (Lipinski definition) is 4. The summed E-state index contributed by atoms with van der Waals surface area (Å²) in [4.78, 5) is 0. The maximum Gasteiger partial charge on any atom is 0.488 e. The minimum Gasteiger partial charge on any atom is -0.493 e. The predicted molar refractivity (Wildman–Crippen MR) is 54.0 cm³/mol. The Labute approximate surface area is 83.2 Å². The summed E-state index contributed by atoms with van der Waals surface area (Å²) in [6.07, 6.45) is 0. The van der Waals surface area contributed by atoms with E-state index in [2.05, 4.69) is 0 Å². The molecule has 0 aliphatic heterocycles. The van der Waals surface area contributed by atoms with Crippen LogP contribution in [0.1, 0.15) is 6.92 Å². The summed E-state index contributed by atoms with van der Waals surface area (Å²) in [5.41, 5.74) is 0.380. The first kappa shape index (κ1) is 10.9. The Kier molecular flexibility index (Phi) is 3.79. The van der Waals surface area contributed by atoms with Gasteiger partial charge in [-0.15, -0.1) is 0 Å². The van der Waals surface area contributed by atoms with Crippen LogP contribution in [0.3, 0.4) is 0 Å². The molecule has 0 saturated carbocycles. The lowest BCUT2D eigenvalue weighted by Crippen LogP contribution is -2.29. The van der Waals surface area contributed by atoms with E-state index in [-0.39, 0.29) is 0 Å². The zero-order valence-electron chi connectivity index (χ0n) is 8.23. The van der Waals surface area contributed by atoms with E-state index in [0.717, 1.165) is 0 Å². The van der Waals surface area contributed by atoms with Crippen LogP contribution >= 0.6 is 0 Å². The van der Waals surface area contributed by atoms with Crippen LogP contribution in [-0.2, 0) is 0 Å². The van der Waals surface area contributed by atoms with Crippen molar-refractivity contribution >= 4 is 12.6 Å². The van der Waals surface area contributed by atoms with Gasteiger partial charge in [0.25, 0.3) is 0 Å². The fourth-order valence-corrected chi connectivity index (χ4v) is 1.12. The first-order chi connectivity index (χ1) is 6.69.